The first-order chi connectivity index (χ1) is 21.7. The summed E-state index contributed by atoms with van der Waals surface area (Å²) in [5.74, 6) is -1.24. The number of nitrogens with zero attached hydrogens (tertiary/aromatic N) is 2. The lowest BCUT2D eigenvalue weighted by Crippen LogP contribution is -2.63. The van der Waals surface area contributed by atoms with Crippen molar-refractivity contribution in [3.63, 3.8) is 0 Å². The monoisotopic (exact) mass is 662 g/mol. The van der Waals surface area contributed by atoms with Crippen LogP contribution in [0.25, 0.3) is 0 Å². The van der Waals surface area contributed by atoms with Crippen molar-refractivity contribution in [1.82, 2.24) is 31.1 Å². The van der Waals surface area contributed by atoms with Gasteiger partial charge in [0.05, 0.1) is 12.1 Å². The van der Waals surface area contributed by atoms with E-state index in [1.165, 1.54) is 6.08 Å². The van der Waals surface area contributed by atoms with Gasteiger partial charge in [-0.05, 0) is 54.3 Å². The van der Waals surface area contributed by atoms with Crippen LogP contribution in [0, 0.1) is 28.6 Å². The maximum Gasteiger partial charge on any atom is 0.316 e. The minimum Gasteiger partial charge on any atom is -0.376 e. The summed E-state index contributed by atoms with van der Waals surface area (Å²) in [6.07, 6.45) is 3.76. The first-order valence-corrected chi connectivity index (χ1v) is 17.2. The molecule has 12 heteroatoms. The minimum absolute atomic E-state index is 0.0657. The number of likely N-dealkylation sites (tertiary alicyclic amines) is 1. The lowest BCUT2D eigenvalue weighted by molar-refractivity contribution is -0.141. The largest absolute Gasteiger partial charge is 0.376 e. The van der Waals surface area contributed by atoms with Crippen molar-refractivity contribution in [3.8, 4) is 0 Å². The van der Waals surface area contributed by atoms with Gasteiger partial charge in [-0.3, -0.25) is 24.5 Å². The zero-order valence-corrected chi connectivity index (χ0v) is 30.4. The first-order valence-electron chi connectivity index (χ1n) is 17.2. The number of rotatable bonds is 16. The summed E-state index contributed by atoms with van der Waals surface area (Å²) in [7, 11) is 1.75. The predicted molar refractivity (Wildman–Crippen MR) is 183 cm³/mol. The zero-order valence-electron chi connectivity index (χ0n) is 30.4. The van der Waals surface area contributed by atoms with Crippen molar-refractivity contribution in [1.29, 1.82) is 0 Å². The van der Waals surface area contributed by atoms with Crippen molar-refractivity contribution in [2.75, 3.05) is 26.7 Å². The highest BCUT2D eigenvalue weighted by Gasteiger charge is 2.46. The summed E-state index contributed by atoms with van der Waals surface area (Å²) in [5.41, 5.74) is -1.30. The summed E-state index contributed by atoms with van der Waals surface area (Å²) < 4.78 is 0. The van der Waals surface area contributed by atoms with Crippen LogP contribution in [0.5, 0.6) is 0 Å². The Balaban J connectivity index is 2.30. The third-order valence-corrected chi connectivity index (χ3v) is 9.24. The van der Waals surface area contributed by atoms with Gasteiger partial charge in [0.2, 0.25) is 17.6 Å². The molecule has 5 N–H and O–H groups in total. The molecule has 0 bridgehead atoms. The Morgan fingerprint density at radius 1 is 1.00 bits per heavy atom. The summed E-state index contributed by atoms with van der Waals surface area (Å²) in [6.45, 7) is 21.9. The van der Waals surface area contributed by atoms with Crippen LogP contribution < -0.4 is 21.3 Å². The number of nitrogens with one attached hydrogen (secondary N) is 4. The van der Waals surface area contributed by atoms with Gasteiger partial charge in [0.15, 0.2) is 0 Å². The quantitative estimate of drug-likeness (QED) is 0.0966. The van der Waals surface area contributed by atoms with Crippen molar-refractivity contribution in [3.05, 3.63) is 12.7 Å². The Morgan fingerprint density at radius 2 is 1.57 bits per heavy atom. The van der Waals surface area contributed by atoms with E-state index in [0.717, 1.165) is 12.8 Å². The minimum atomic E-state index is -1.30. The SMILES string of the molecule is C=CCNC(=O)C(=O)C(CCC)NC(O)[C@@H]1C[C@@H](C(C)C)CN1C(=O)[C@@H](NC(=O)N[C@H](C(=O)N(C)CC1CC1)C(C)(C)C)C(C)(C)C. The molecule has 6 atom stereocenters. The van der Waals surface area contributed by atoms with Gasteiger partial charge >= 0.3 is 6.03 Å². The van der Waals surface area contributed by atoms with E-state index in [1.807, 2.05) is 48.5 Å². The third kappa shape index (κ3) is 11.6. The Morgan fingerprint density at radius 3 is 2.06 bits per heavy atom. The number of aliphatic hydroxyl groups excluding tert-OH is 1. The molecule has 1 saturated carbocycles. The molecule has 1 aliphatic heterocycles. The molecular weight excluding hydrogens is 600 g/mol. The maximum atomic E-state index is 14.4. The summed E-state index contributed by atoms with van der Waals surface area (Å²) >= 11 is 0. The topological polar surface area (TPSA) is 160 Å². The Hall–Kier alpha value is -2.99. The normalized spacial score (nSPS) is 21.0. The first kappa shape index (κ1) is 40.2. The van der Waals surface area contributed by atoms with Crippen LogP contribution in [0.1, 0.15) is 94.4 Å². The van der Waals surface area contributed by atoms with E-state index in [9.17, 15) is 29.1 Å². The molecule has 5 amide bonds. The fourth-order valence-corrected chi connectivity index (χ4v) is 6.01. The molecule has 2 fully saturated rings. The highest BCUT2D eigenvalue weighted by molar-refractivity contribution is 6.38. The average molecular weight is 663 g/mol. The van der Waals surface area contributed by atoms with Gasteiger partial charge in [-0.25, -0.2) is 4.79 Å². The number of hydrogen-bond acceptors (Lipinski definition) is 7. The van der Waals surface area contributed by atoms with Crippen LogP contribution >= 0.6 is 0 Å². The van der Waals surface area contributed by atoms with E-state index in [4.69, 9.17) is 0 Å². The summed E-state index contributed by atoms with van der Waals surface area (Å²) in [6, 6.07) is -4.06. The molecule has 1 aliphatic carbocycles. The average Bonchev–Trinajstić information content (AvgIpc) is 3.67. The Bertz CT molecular complexity index is 1120. The van der Waals surface area contributed by atoms with E-state index >= 15 is 0 Å². The molecular formula is C35H62N6O6. The summed E-state index contributed by atoms with van der Waals surface area (Å²) in [5, 5.41) is 22.7. The number of carbonyl (C=O) groups excluding carboxylic acids is 5. The van der Waals surface area contributed by atoms with Gasteiger partial charge in [-0.1, -0.05) is 74.8 Å². The molecule has 2 unspecified atom stereocenters. The fraction of sp³-hybridized carbons (Fsp3) is 0.800. The molecule has 268 valence electrons. The van der Waals surface area contributed by atoms with Crippen molar-refractivity contribution < 1.29 is 29.1 Å². The van der Waals surface area contributed by atoms with E-state index in [2.05, 4.69) is 41.7 Å². The second kappa shape index (κ2) is 16.9. The van der Waals surface area contributed by atoms with Crippen LogP contribution in [0.4, 0.5) is 4.79 Å². The number of hydrogen-bond donors (Lipinski definition) is 5. The number of likely N-dealkylation sites (N-methyl/N-ethyl adjacent to an activating group) is 1. The Kier molecular flexibility index (Phi) is 14.5. The number of Topliss-reactive ketones (excluding diaryl/α,β-unsaturated/α-hetero) is 1. The second-order valence-corrected chi connectivity index (χ2v) is 16.0. The lowest BCUT2D eigenvalue weighted by Gasteiger charge is -2.38. The van der Waals surface area contributed by atoms with E-state index in [-0.39, 0.29) is 30.2 Å². The third-order valence-electron chi connectivity index (χ3n) is 9.24. The standard InChI is InChI=1S/C35H62N6O6/c1-12-14-24(26(42)30(44)36-17-13-2)37-29(43)25-18-23(21(3)4)20-41(25)32(46)28(35(8,9)10)39-33(47)38-27(34(5,6)7)31(45)40(11)19-22-15-16-22/h13,21-25,27-29,37,43H,2,12,14-20H2,1,3-11H3,(H,36,44)(H2,38,39,47)/t23-,24?,25+,27-,28-,29?/m1/s1. The second-order valence-electron chi connectivity index (χ2n) is 16.0. The van der Waals surface area contributed by atoms with Crippen LogP contribution in [-0.4, -0.2) is 102 Å². The smallest absolute Gasteiger partial charge is 0.316 e. The highest BCUT2D eigenvalue weighted by Crippen LogP contribution is 2.34. The Labute approximate surface area is 282 Å². The van der Waals surface area contributed by atoms with E-state index in [0.29, 0.717) is 38.3 Å². The van der Waals surface area contributed by atoms with E-state index in [1.54, 1.807) is 16.8 Å². The molecule has 0 aromatic rings. The molecule has 0 aromatic carbocycles. The number of aliphatic hydroxyl groups is 1. The molecule has 0 aromatic heterocycles. The van der Waals surface area contributed by atoms with Crippen LogP contribution in [0.3, 0.4) is 0 Å². The van der Waals surface area contributed by atoms with Gasteiger partial charge in [0.25, 0.3) is 5.91 Å². The highest BCUT2D eigenvalue weighted by atomic mass is 16.3. The number of urea groups is 1. The number of carbonyl (C=O) groups is 5. The number of amides is 5. The van der Waals surface area contributed by atoms with Crippen molar-refractivity contribution in [2.45, 2.75) is 125 Å². The molecule has 12 nitrogen and oxygen atoms in total. The molecule has 0 radical (unpaired) electrons. The van der Waals surface area contributed by atoms with Crippen LogP contribution in [0.15, 0.2) is 12.7 Å². The summed E-state index contributed by atoms with van der Waals surface area (Å²) in [4.78, 5) is 70.0. The van der Waals surface area contributed by atoms with E-state index < -0.39 is 58.9 Å². The fourth-order valence-electron chi connectivity index (χ4n) is 6.01. The van der Waals surface area contributed by atoms with Crippen molar-refractivity contribution >= 4 is 29.5 Å². The van der Waals surface area contributed by atoms with Gasteiger partial charge < -0.3 is 30.9 Å². The molecule has 47 heavy (non-hydrogen) atoms. The lowest BCUT2D eigenvalue weighted by atomic mass is 9.85. The van der Waals surface area contributed by atoms with Gasteiger partial charge in [0, 0.05) is 26.7 Å². The predicted octanol–water partition coefficient (Wildman–Crippen LogP) is 2.80. The maximum absolute atomic E-state index is 14.4. The molecule has 1 saturated heterocycles. The van der Waals surface area contributed by atoms with Crippen LogP contribution in [-0.2, 0) is 19.2 Å². The molecule has 1 heterocycles. The van der Waals surface area contributed by atoms with Crippen LogP contribution in [0.2, 0.25) is 0 Å². The van der Waals surface area contributed by atoms with Crippen molar-refractivity contribution in [2.24, 2.45) is 28.6 Å². The van der Waals surface area contributed by atoms with Gasteiger partial charge in [0.1, 0.15) is 18.3 Å². The number of ketones is 1. The van der Waals surface area contributed by atoms with Gasteiger partial charge in [-0.2, -0.15) is 0 Å². The molecule has 0 spiro atoms. The van der Waals surface area contributed by atoms with Gasteiger partial charge in [-0.15, -0.1) is 6.58 Å². The molecule has 2 rings (SSSR count). The molecule has 2 aliphatic rings. The zero-order chi connectivity index (χ0) is 35.9.